The van der Waals surface area contributed by atoms with E-state index in [2.05, 4.69) is 6.92 Å². The zero-order valence-electron chi connectivity index (χ0n) is 13.0. The molecule has 4 nitrogen and oxygen atoms in total. The van der Waals surface area contributed by atoms with Gasteiger partial charge in [-0.25, -0.2) is 4.68 Å². The lowest BCUT2D eigenvalue weighted by Gasteiger charge is -2.10. The summed E-state index contributed by atoms with van der Waals surface area (Å²) in [6.45, 7) is 2.09. The van der Waals surface area contributed by atoms with E-state index in [4.69, 9.17) is 5.10 Å². The highest BCUT2D eigenvalue weighted by atomic mass is 16.4. The van der Waals surface area contributed by atoms with Gasteiger partial charge in [-0.05, 0) is 43.4 Å². The van der Waals surface area contributed by atoms with Crippen molar-refractivity contribution in [1.29, 1.82) is 0 Å². The molecule has 0 spiro atoms. The third kappa shape index (κ3) is 2.65. The van der Waals surface area contributed by atoms with E-state index in [9.17, 15) is 9.90 Å². The molecule has 0 saturated heterocycles. The highest BCUT2D eigenvalue weighted by Crippen LogP contribution is 2.33. The highest BCUT2D eigenvalue weighted by Gasteiger charge is 2.31. The summed E-state index contributed by atoms with van der Waals surface area (Å²) in [6, 6.07) is 10.0. The van der Waals surface area contributed by atoms with Gasteiger partial charge in [-0.15, -0.1) is 0 Å². The molecule has 1 aliphatic rings. The first kappa shape index (κ1) is 14.8. The Morgan fingerprint density at radius 1 is 1.32 bits per heavy atom. The topological polar surface area (TPSA) is 55.1 Å². The minimum atomic E-state index is -0.749. The number of unbranched alkanes of at least 4 members (excludes halogenated alkanes) is 1. The molecule has 0 radical (unpaired) electrons. The SMILES string of the molecule is CCCCC(C(=O)O)c1nn(-c2ccccc2)c2c1CCC2. The number of para-hydroxylation sites is 1. The fraction of sp³-hybridized carbons (Fsp3) is 0.444. The molecule has 1 aliphatic carbocycles. The average Bonchev–Trinajstić information content (AvgIpc) is 3.11. The van der Waals surface area contributed by atoms with Crippen LogP contribution in [-0.2, 0) is 17.6 Å². The van der Waals surface area contributed by atoms with Crippen LogP contribution in [0.15, 0.2) is 30.3 Å². The number of nitrogens with zero attached hydrogens (tertiary/aromatic N) is 2. The summed E-state index contributed by atoms with van der Waals surface area (Å²) >= 11 is 0. The second-order valence-electron chi connectivity index (χ2n) is 5.94. The van der Waals surface area contributed by atoms with Gasteiger partial charge in [-0.2, -0.15) is 5.10 Å². The van der Waals surface area contributed by atoms with Crippen molar-refractivity contribution in [2.45, 2.75) is 51.4 Å². The number of fused-ring (bicyclic) bond motifs is 1. The summed E-state index contributed by atoms with van der Waals surface area (Å²) in [5.41, 5.74) is 4.18. The lowest BCUT2D eigenvalue weighted by Crippen LogP contribution is -2.14. The first-order chi connectivity index (χ1) is 10.7. The highest BCUT2D eigenvalue weighted by molar-refractivity contribution is 5.76. The fourth-order valence-corrected chi connectivity index (χ4v) is 3.31. The molecule has 0 fully saturated rings. The number of hydrogen-bond acceptors (Lipinski definition) is 2. The van der Waals surface area contributed by atoms with Crippen LogP contribution in [0.2, 0.25) is 0 Å². The molecule has 1 aromatic carbocycles. The number of hydrogen-bond donors (Lipinski definition) is 1. The lowest BCUT2D eigenvalue weighted by molar-refractivity contribution is -0.139. The first-order valence-corrected chi connectivity index (χ1v) is 8.11. The Hall–Kier alpha value is -2.10. The molecule has 1 unspecified atom stereocenters. The van der Waals surface area contributed by atoms with Gasteiger partial charge in [0.2, 0.25) is 0 Å². The minimum Gasteiger partial charge on any atom is -0.481 e. The molecule has 1 atom stereocenters. The van der Waals surface area contributed by atoms with Gasteiger partial charge in [0.25, 0.3) is 0 Å². The third-order valence-corrected chi connectivity index (χ3v) is 4.44. The normalized spacial score (nSPS) is 14.8. The molecule has 0 aliphatic heterocycles. The molecular formula is C18H22N2O2. The second kappa shape index (κ2) is 6.34. The van der Waals surface area contributed by atoms with Gasteiger partial charge in [0.05, 0.1) is 11.4 Å². The van der Waals surface area contributed by atoms with Crippen molar-refractivity contribution < 1.29 is 9.90 Å². The molecule has 1 heterocycles. The molecular weight excluding hydrogens is 276 g/mol. The van der Waals surface area contributed by atoms with Crippen molar-refractivity contribution in [3.05, 3.63) is 47.3 Å². The summed E-state index contributed by atoms with van der Waals surface area (Å²) < 4.78 is 1.96. The van der Waals surface area contributed by atoms with Gasteiger partial charge in [-0.3, -0.25) is 4.79 Å². The zero-order valence-corrected chi connectivity index (χ0v) is 13.0. The molecule has 4 heteroatoms. The number of carboxylic acids is 1. The van der Waals surface area contributed by atoms with Crippen molar-refractivity contribution >= 4 is 5.97 Å². The van der Waals surface area contributed by atoms with Gasteiger partial charge < -0.3 is 5.11 Å². The van der Waals surface area contributed by atoms with Crippen molar-refractivity contribution in [3.8, 4) is 5.69 Å². The minimum absolute atomic E-state index is 0.475. The smallest absolute Gasteiger partial charge is 0.312 e. The van der Waals surface area contributed by atoms with Crippen LogP contribution < -0.4 is 0 Å². The molecule has 116 valence electrons. The van der Waals surface area contributed by atoms with Crippen molar-refractivity contribution in [2.75, 3.05) is 0 Å². The maximum Gasteiger partial charge on any atom is 0.312 e. The molecule has 0 saturated carbocycles. The Bertz CT molecular complexity index is 661. The molecule has 1 aromatic heterocycles. The molecule has 0 bridgehead atoms. The molecule has 1 N–H and O–H groups in total. The Morgan fingerprint density at radius 2 is 2.09 bits per heavy atom. The lowest BCUT2D eigenvalue weighted by atomic mass is 9.95. The van der Waals surface area contributed by atoms with Gasteiger partial charge in [-0.1, -0.05) is 38.0 Å². The van der Waals surface area contributed by atoms with Crippen molar-refractivity contribution in [3.63, 3.8) is 0 Å². The van der Waals surface area contributed by atoms with E-state index < -0.39 is 11.9 Å². The van der Waals surface area contributed by atoms with Crippen molar-refractivity contribution in [2.24, 2.45) is 0 Å². The number of carboxylic acid groups (broad SMARTS) is 1. The van der Waals surface area contributed by atoms with Crippen LogP contribution in [-0.4, -0.2) is 20.9 Å². The first-order valence-electron chi connectivity index (χ1n) is 8.11. The number of aliphatic carboxylic acids is 1. The Labute approximate surface area is 130 Å². The zero-order chi connectivity index (χ0) is 15.5. The van der Waals surface area contributed by atoms with Crippen LogP contribution in [0.25, 0.3) is 5.69 Å². The van der Waals surface area contributed by atoms with Gasteiger partial charge in [0.15, 0.2) is 0 Å². The molecule has 2 aromatic rings. The quantitative estimate of drug-likeness (QED) is 0.884. The summed E-state index contributed by atoms with van der Waals surface area (Å²) in [7, 11) is 0. The largest absolute Gasteiger partial charge is 0.481 e. The fourth-order valence-electron chi connectivity index (χ4n) is 3.31. The number of aromatic nitrogens is 2. The van der Waals surface area contributed by atoms with Crippen LogP contribution in [0.5, 0.6) is 0 Å². The summed E-state index contributed by atoms with van der Waals surface area (Å²) in [5.74, 6) is -1.22. The maximum absolute atomic E-state index is 11.7. The van der Waals surface area contributed by atoms with E-state index in [1.165, 1.54) is 11.3 Å². The van der Waals surface area contributed by atoms with Crippen LogP contribution in [0.4, 0.5) is 0 Å². The van der Waals surface area contributed by atoms with Crippen LogP contribution >= 0.6 is 0 Å². The van der Waals surface area contributed by atoms with Crippen LogP contribution in [0, 0.1) is 0 Å². The summed E-state index contributed by atoms with van der Waals surface area (Å²) in [4.78, 5) is 11.7. The predicted molar refractivity (Wildman–Crippen MR) is 85.5 cm³/mol. The number of carbonyl (C=O) groups is 1. The van der Waals surface area contributed by atoms with E-state index in [0.29, 0.717) is 6.42 Å². The summed E-state index contributed by atoms with van der Waals surface area (Å²) in [5, 5.41) is 14.3. The molecule has 22 heavy (non-hydrogen) atoms. The molecule has 3 rings (SSSR count). The monoisotopic (exact) mass is 298 g/mol. The standard InChI is InChI=1S/C18H22N2O2/c1-2-3-10-15(18(21)22)17-14-11-7-12-16(14)20(19-17)13-8-5-4-6-9-13/h4-6,8-9,15H,2-3,7,10-12H2,1H3,(H,21,22). The van der Waals surface area contributed by atoms with Gasteiger partial charge in [0.1, 0.15) is 5.92 Å². The van der Waals surface area contributed by atoms with E-state index in [-0.39, 0.29) is 0 Å². The predicted octanol–water partition coefficient (Wildman–Crippen LogP) is 3.72. The Balaban J connectivity index is 2.04. The average molecular weight is 298 g/mol. The Kier molecular flexibility index (Phi) is 4.27. The van der Waals surface area contributed by atoms with E-state index in [1.54, 1.807) is 0 Å². The van der Waals surface area contributed by atoms with Crippen molar-refractivity contribution in [1.82, 2.24) is 9.78 Å². The summed E-state index contributed by atoms with van der Waals surface area (Å²) in [6.07, 6.45) is 5.62. The number of benzene rings is 1. The second-order valence-corrected chi connectivity index (χ2v) is 5.94. The van der Waals surface area contributed by atoms with Crippen LogP contribution in [0.3, 0.4) is 0 Å². The van der Waals surface area contributed by atoms with Crippen LogP contribution in [0.1, 0.15) is 55.5 Å². The van der Waals surface area contributed by atoms with E-state index in [1.807, 2.05) is 35.0 Å². The number of rotatable bonds is 6. The van der Waals surface area contributed by atoms with Gasteiger partial charge in [0, 0.05) is 5.69 Å². The molecule has 0 amide bonds. The Morgan fingerprint density at radius 3 is 2.77 bits per heavy atom. The maximum atomic E-state index is 11.7. The van der Waals surface area contributed by atoms with E-state index in [0.717, 1.165) is 43.5 Å². The third-order valence-electron chi connectivity index (χ3n) is 4.44. The van der Waals surface area contributed by atoms with Gasteiger partial charge >= 0.3 is 5.97 Å². The van der Waals surface area contributed by atoms with E-state index >= 15 is 0 Å².